The van der Waals surface area contributed by atoms with Crippen molar-refractivity contribution in [1.82, 2.24) is 14.1 Å². The molecule has 0 saturated carbocycles. The zero-order valence-electron chi connectivity index (χ0n) is 16.9. The van der Waals surface area contributed by atoms with Crippen molar-refractivity contribution in [3.8, 4) is 0 Å². The predicted molar refractivity (Wildman–Crippen MR) is 110 cm³/mol. The molecule has 3 saturated heterocycles. The molecule has 3 aliphatic heterocycles. The molecule has 0 bridgehead atoms. The van der Waals surface area contributed by atoms with Gasteiger partial charge in [-0.1, -0.05) is 18.2 Å². The van der Waals surface area contributed by atoms with Gasteiger partial charge in [0.1, 0.15) is 0 Å². The molecule has 3 heterocycles. The summed E-state index contributed by atoms with van der Waals surface area (Å²) in [6.07, 6.45) is 4.76. The first-order valence-electron chi connectivity index (χ1n) is 10.4. The number of amides is 2. The quantitative estimate of drug-likeness (QED) is 0.745. The summed E-state index contributed by atoms with van der Waals surface area (Å²) in [5.74, 6) is 0.0282. The molecule has 2 amide bonds. The lowest BCUT2D eigenvalue weighted by Crippen LogP contribution is -2.51. The number of hydrogen-bond acceptors (Lipinski definition) is 4. The predicted octanol–water partition coefficient (Wildman–Crippen LogP) is 1.57. The SMILES string of the molecule is CS(=O)(=O)N1CC[C@]2(C(=O)N3CCCC3)CCN(C(=O)c3ccccc3)CC[C@H]12. The van der Waals surface area contributed by atoms with Gasteiger partial charge in [0.2, 0.25) is 15.9 Å². The van der Waals surface area contributed by atoms with E-state index in [4.69, 9.17) is 0 Å². The largest absolute Gasteiger partial charge is 0.342 e. The molecule has 1 aromatic carbocycles. The molecule has 158 valence electrons. The number of likely N-dealkylation sites (tertiary alicyclic amines) is 2. The summed E-state index contributed by atoms with van der Waals surface area (Å²) >= 11 is 0. The third-order valence-electron chi connectivity index (χ3n) is 6.82. The minimum Gasteiger partial charge on any atom is -0.342 e. The Morgan fingerprint density at radius 1 is 0.931 bits per heavy atom. The van der Waals surface area contributed by atoms with Crippen molar-refractivity contribution in [1.29, 1.82) is 0 Å². The zero-order chi connectivity index (χ0) is 20.6. The first-order valence-corrected chi connectivity index (χ1v) is 12.3. The van der Waals surface area contributed by atoms with E-state index in [2.05, 4.69) is 0 Å². The van der Waals surface area contributed by atoms with Gasteiger partial charge in [0.25, 0.3) is 5.91 Å². The van der Waals surface area contributed by atoms with Crippen LogP contribution in [0, 0.1) is 5.41 Å². The molecular weight excluding hydrogens is 390 g/mol. The van der Waals surface area contributed by atoms with Gasteiger partial charge in [0.05, 0.1) is 11.7 Å². The highest BCUT2D eigenvalue weighted by Gasteiger charge is 2.57. The highest BCUT2D eigenvalue weighted by atomic mass is 32.2. The van der Waals surface area contributed by atoms with Gasteiger partial charge in [-0.15, -0.1) is 0 Å². The van der Waals surface area contributed by atoms with Crippen molar-refractivity contribution in [3.63, 3.8) is 0 Å². The maximum Gasteiger partial charge on any atom is 0.253 e. The van der Waals surface area contributed by atoms with Crippen molar-refractivity contribution < 1.29 is 18.0 Å². The van der Waals surface area contributed by atoms with E-state index in [1.807, 2.05) is 23.1 Å². The van der Waals surface area contributed by atoms with E-state index in [0.717, 1.165) is 25.9 Å². The van der Waals surface area contributed by atoms with Gasteiger partial charge in [-0.05, 0) is 44.2 Å². The Morgan fingerprint density at radius 3 is 2.24 bits per heavy atom. The zero-order valence-corrected chi connectivity index (χ0v) is 17.7. The van der Waals surface area contributed by atoms with Crippen LogP contribution in [0.3, 0.4) is 0 Å². The van der Waals surface area contributed by atoms with Crippen LogP contribution in [-0.4, -0.2) is 79.4 Å². The molecule has 1 aromatic rings. The molecule has 0 N–H and O–H groups in total. The first-order chi connectivity index (χ1) is 13.8. The average Bonchev–Trinajstić information content (AvgIpc) is 3.33. The molecule has 0 spiro atoms. The number of carbonyl (C=O) groups is 2. The maximum atomic E-state index is 13.6. The number of carbonyl (C=O) groups excluding carboxylic acids is 2. The van der Waals surface area contributed by atoms with Gasteiger partial charge >= 0.3 is 0 Å². The highest BCUT2D eigenvalue weighted by Crippen LogP contribution is 2.46. The topological polar surface area (TPSA) is 78.0 Å². The lowest BCUT2D eigenvalue weighted by molar-refractivity contribution is -0.142. The van der Waals surface area contributed by atoms with E-state index in [0.29, 0.717) is 44.5 Å². The molecule has 3 aliphatic rings. The van der Waals surface area contributed by atoms with E-state index in [-0.39, 0.29) is 17.9 Å². The summed E-state index contributed by atoms with van der Waals surface area (Å²) in [5.41, 5.74) is -0.0986. The summed E-state index contributed by atoms with van der Waals surface area (Å²) in [5, 5.41) is 0. The van der Waals surface area contributed by atoms with Crippen molar-refractivity contribution >= 4 is 21.8 Å². The Hall–Kier alpha value is -1.93. The van der Waals surface area contributed by atoms with Crippen LogP contribution in [0.5, 0.6) is 0 Å². The molecule has 0 unspecified atom stereocenters. The third kappa shape index (κ3) is 3.68. The summed E-state index contributed by atoms with van der Waals surface area (Å²) < 4.78 is 26.4. The third-order valence-corrected chi connectivity index (χ3v) is 8.11. The van der Waals surface area contributed by atoms with Gasteiger partial charge in [0, 0.05) is 44.3 Å². The lowest BCUT2D eigenvalue weighted by atomic mass is 9.75. The summed E-state index contributed by atoms with van der Waals surface area (Å²) in [6, 6.07) is 8.76. The number of hydrogen-bond donors (Lipinski definition) is 0. The molecule has 0 aromatic heterocycles. The van der Waals surface area contributed by atoms with Crippen LogP contribution in [-0.2, 0) is 14.8 Å². The molecular formula is C21H29N3O4S. The van der Waals surface area contributed by atoms with Gasteiger partial charge in [-0.25, -0.2) is 8.42 Å². The summed E-state index contributed by atoms with van der Waals surface area (Å²) in [6.45, 7) is 2.81. The summed E-state index contributed by atoms with van der Waals surface area (Å²) in [4.78, 5) is 30.3. The normalized spacial score (nSPS) is 28.2. The van der Waals surface area contributed by atoms with Gasteiger partial charge < -0.3 is 9.80 Å². The fraction of sp³-hybridized carbons (Fsp3) is 0.619. The number of rotatable bonds is 3. The molecule has 0 aliphatic carbocycles. The Bertz CT molecular complexity index is 882. The van der Waals surface area contributed by atoms with Crippen LogP contribution in [0.15, 0.2) is 30.3 Å². The molecule has 7 nitrogen and oxygen atoms in total. The van der Waals surface area contributed by atoms with E-state index < -0.39 is 15.4 Å². The van der Waals surface area contributed by atoms with E-state index in [1.54, 1.807) is 17.0 Å². The molecule has 8 heteroatoms. The van der Waals surface area contributed by atoms with Gasteiger partial charge in [-0.3, -0.25) is 9.59 Å². The Kier molecular flexibility index (Phi) is 5.42. The maximum absolute atomic E-state index is 13.6. The van der Waals surface area contributed by atoms with Gasteiger partial charge in [0.15, 0.2) is 0 Å². The van der Waals surface area contributed by atoms with Crippen LogP contribution in [0.4, 0.5) is 0 Å². The Labute approximate surface area is 172 Å². The standard InChI is InChI=1S/C21H29N3O4S/c1-29(27,28)24-16-11-21(20(26)23-12-5-6-13-23)10-15-22(14-9-18(21)24)19(25)17-7-3-2-4-8-17/h2-4,7-8,18H,5-6,9-16H2,1H3/t18-,21+/m0/s1. The number of benzene rings is 1. The monoisotopic (exact) mass is 419 g/mol. The second-order valence-electron chi connectivity index (χ2n) is 8.49. The first kappa shape index (κ1) is 20.3. The smallest absolute Gasteiger partial charge is 0.253 e. The van der Waals surface area contributed by atoms with Crippen LogP contribution in [0.1, 0.15) is 42.5 Å². The second-order valence-corrected chi connectivity index (χ2v) is 10.4. The van der Waals surface area contributed by atoms with Crippen molar-refractivity contribution in [2.45, 2.75) is 38.1 Å². The molecule has 0 radical (unpaired) electrons. The molecule has 29 heavy (non-hydrogen) atoms. The number of fused-ring (bicyclic) bond motifs is 1. The van der Waals surface area contributed by atoms with Gasteiger partial charge in [-0.2, -0.15) is 4.31 Å². The van der Waals surface area contributed by atoms with Crippen LogP contribution < -0.4 is 0 Å². The van der Waals surface area contributed by atoms with Crippen molar-refractivity contribution in [3.05, 3.63) is 35.9 Å². The van der Waals surface area contributed by atoms with Crippen LogP contribution >= 0.6 is 0 Å². The van der Waals surface area contributed by atoms with E-state index in [1.165, 1.54) is 10.6 Å². The lowest BCUT2D eigenvalue weighted by Gasteiger charge is -2.37. The van der Waals surface area contributed by atoms with Crippen molar-refractivity contribution in [2.24, 2.45) is 5.41 Å². The number of sulfonamides is 1. The second kappa shape index (κ2) is 7.72. The van der Waals surface area contributed by atoms with E-state index >= 15 is 0 Å². The molecule has 3 fully saturated rings. The Morgan fingerprint density at radius 2 is 1.59 bits per heavy atom. The fourth-order valence-corrected chi connectivity index (χ4v) is 6.49. The molecule has 4 rings (SSSR count). The minimum absolute atomic E-state index is 0.0553. The minimum atomic E-state index is -3.42. The fourth-order valence-electron chi connectivity index (χ4n) is 5.30. The number of nitrogens with zero attached hydrogens (tertiary/aromatic N) is 3. The van der Waals surface area contributed by atoms with E-state index in [9.17, 15) is 18.0 Å². The van der Waals surface area contributed by atoms with Crippen molar-refractivity contribution in [2.75, 3.05) is 39.0 Å². The highest BCUT2D eigenvalue weighted by molar-refractivity contribution is 7.88. The average molecular weight is 420 g/mol. The summed E-state index contributed by atoms with van der Waals surface area (Å²) in [7, 11) is -3.42. The Balaban J connectivity index is 1.63. The molecule has 2 atom stereocenters. The van der Waals surface area contributed by atoms with Crippen LogP contribution in [0.25, 0.3) is 0 Å². The van der Waals surface area contributed by atoms with Crippen LogP contribution in [0.2, 0.25) is 0 Å².